The third kappa shape index (κ3) is 3.16. The highest BCUT2D eigenvalue weighted by Gasteiger charge is 2.28. The van der Waals surface area contributed by atoms with Crippen molar-refractivity contribution < 1.29 is 19.4 Å². The van der Waals surface area contributed by atoms with Crippen molar-refractivity contribution in [1.29, 1.82) is 0 Å². The molecule has 0 aliphatic carbocycles. The Morgan fingerprint density at radius 3 is 2.71 bits per heavy atom. The van der Waals surface area contributed by atoms with Crippen LogP contribution in [0.15, 0.2) is 16.6 Å². The molecule has 0 amide bonds. The minimum atomic E-state index is -0.780. The topological polar surface area (TPSA) is 59.0 Å². The van der Waals surface area contributed by atoms with Gasteiger partial charge in [-0.2, -0.15) is 0 Å². The summed E-state index contributed by atoms with van der Waals surface area (Å²) in [7, 11) is 0. The van der Waals surface area contributed by atoms with Crippen molar-refractivity contribution in [3.63, 3.8) is 0 Å². The van der Waals surface area contributed by atoms with Crippen LogP contribution in [0.3, 0.4) is 0 Å². The fourth-order valence-corrected chi connectivity index (χ4v) is 3.57. The summed E-state index contributed by atoms with van der Waals surface area (Å²) in [5.74, 6) is 0.624. The van der Waals surface area contributed by atoms with Crippen LogP contribution in [0.4, 0.5) is 0 Å². The molecular weight excluding hydrogens is 338 g/mol. The molecule has 0 saturated carbocycles. The number of nitrogens with zero attached hydrogens (tertiary/aromatic N) is 1. The molecule has 114 valence electrons. The summed E-state index contributed by atoms with van der Waals surface area (Å²) >= 11 is 3.51. The second-order valence-electron chi connectivity index (χ2n) is 5.38. The van der Waals surface area contributed by atoms with E-state index < -0.39 is 5.97 Å². The number of carboxylic acid groups (broad SMARTS) is 1. The molecule has 0 radical (unpaired) electrons. The SMILES string of the molecule is O=C(O)CC(c1cc(Br)c2c(c1)OCCO2)N1CCCC1. The lowest BCUT2D eigenvalue weighted by Gasteiger charge is -2.28. The molecule has 0 aromatic heterocycles. The largest absolute Gasteiger partial charge is 0.486 e. The van der Waals surface area contributed by atoms with Gasteiger partial charge in [0.15, 0.2) is 11.5 Å². The number of fused-ring (bicyclic) bond motifs is 1. The van der Waals surface area contributed by atoms with E-state index in [-0.39, 0.29) is 12.5 Å². The molecule has 1 saturated heterocycles. The minimum absolute atomic E-state index is 0.103. The summed E-state index contributed by atoms with van der Waals surface area (Å²) in [6, 6.07) is 3.77. The van der Waals surface area contributed by atoms with E-state index >= 15 is 0 Å². The maximum Gasteiger partial charge on any atom is 0.305 e. The molecule has 1 unspecified atom stereocenters. The van der Waals surface area contributed by atoms with E-state index in [1.807, 2.05) is 12.1 Å². The zero-order chi connectivity index (χ0) is 14.8. The summed E-state index contributed by atoms with van der Waals surface area (Å²) in [6.07, 6.45) is 2.36. The van der Waals surface area contributed by atoms with Gasteiger partial charge in [0, 0.05) is 6.04 Å². The number of likely N-dealkylation sites (tertiary alicyclic amines) is 1. The average Bonchev–Trinajstić information content (AvgIpc) is 2.98. The van der Waals surface area contributed by atoms with Gasteiger partial charge in [-0.15, -0.1) is 0 Å². The Labute approximate surface area is 132 Å². The molecule has 2 aliphatic heterocycles. The molecule has 0 bridgehead atoms. The van der Waals surface area contributed by atoms with Crippen molar-refractivity contribution in [2.75, 3.05) is 26.3 Å². The predicted molar refractivity (Wildman–Crippen MR) is 80.9 cm³/mol. The molecule has 0 spiro atoms. The zero-order valence-electron chi connectivity index (χ0n) is 11.7. The highest BCUT2D eigenvalue weighted by Crippen LogP contribution is 2.41. The van der Waals surface area contributed by atoms with E-state index in [4.69, 9.17) is 9.47 Å². The Morgan fingerprint density at radius 1 is 1.29 bits per heavy atom. The Bertz CT molecular complexity index is 543. The van der Waals surface area contributed by atoms with E-state index in [0.29, 0.717) is 24.7 Å². The van der Waals surface area contributed by atoms with Gasteiger partial charge in [0.2, 0.25) is 0 Å². The summed E-state index contributed by atoms with van der Waals surface area (Å²) in [5, 5.41) is 9.22. The summed E-state index contributed by atoms with van der Waals surface area (Å²) in [5.41, 5.74) is 0.968. The van der Waals surface area contributed by atoms with Crippen LogP contribution in [0.25, 0.3) is 0 Å². The first kappa shape index (κ1) is 14.7. The van der Waals surface area contributed by atoms with Gasteiger partial charge >= 0.3 is 5.97 Å². The highest BCUT2D eigenvalue weighted by atomic mass is 79.9. The second-order valence-corrected chi connectivity index (χ2v) is 6.24. The average molecular weight is 356 g/mol. The van der Waals surface area contributed by atoms with Crippen LogP contribution in [-0.4, -0.2) is 42.3 Å². The van der Waals surface area contributed by atoms with Gasteiger partial charge in [0.05, 0.1) is 10.9 Å². The molecule has 5 nitrogen and oxygen atoms in total. The number of halogens is 1. The predicted octanol–water partition coefficient (Wildman–Crippen LogP) is 2.83. The molecular formula is C15H18BrNO4. The van der Waals surface area contributed by atoms with E-state index in [1.165, 1.54) is 0 Å². The number of benzene rings is 1. The summed E-state index contributed by atoms with van der Waals surface area (Å²) in [6.45, 7) is 2.96. The first-order valence-electron chi connectivity index (χ1n) is 7.20. The second kappa shape index (κ2) is 6.23. The van der Waals surface area contributed by atoms with E-state index in [1.54, 1.807) is 0 Å². The molecule has 1 atom stereocenters. The lowest BCUT2D eigenvalue weighted by molar-refractivity contribution is -0.138. The van der Waals surface area contributed by atoms with Gasteiger partial charge in [-0.1, -0.05) is 0 Å². The van der Waals surface area contributed by atoms with Crippen LogP contribution in [-0.2, 0) is 4.79 Å². The number of ether oxygens (including phenoxy) is 2. The Morgan fingerprint density at radius 2 is 2.00 bits per heavy atom. The molecule has 2 aliphatic rings. The highest BCUT2D eigenvalue weighted by molar-refractivity contribution is 9.10. The quantitative estimate of drug-likeness (QED) is 0.899. The van der Waals surface area contributed by atoms with Gasteiger partial charge < -0.3 is 14.6 Å². The molecule has 3 rings (SSSR count). The molecule has 1 N–H and O–H groups in total. The Kier molecular flexibility index (Phi) is 4.35. The summed E-state index contributed by atoms with van der Waals surface area (Å²) in [4.78, 5) is 13.5. The number of carboxylic acids is 1. The van der Waals surface area contributed by atoms with E-state index in [0.717, 1.165) is 36.0 Å². The number of aliphatic carboxylic acids is 1. The van der Waals surface area contributed by atoms with E-state index in [2.05, 4.69) is 20.8 Å². The molecule has 21 heavy (non-hydrogen) atoms. The Hall–Kier alpha value is -1.27. The van der Waals surface area contributed by atoms with Crippen molar-refractivity contribution >= 4 is 21.9 Å². The van der Waals surface area contributed by atoms with Crippen molar-refractivity contribution in [2.24, 2.45) is 0 Å². The van der Waals surface area contributed by atoms with Crippen LogP contribution in [0.5, 0.6) is 11.5 Å². The Balaban J connectivity index is 1.94. The first-order chi connectivity index (χ1) is 10.1. The number of hydrogen-bond acceptors (Lipinski definition) is 4. The van der Waals surface area contributed by atoms with Crippen LogP contribution in [0.2, 0.25) is 0 Å². The minimum Gasteiger partial charge on any atom is -0.486 e. The zero-order valence-corrected chi connectivity index (χ0v) is 13.3. The van der Waals surface area contributed by atoms with Crippen molar-refractivity contribution in [3.8, 4) is 11.5 Å². The molecule has 1 fully saturated rings. The number of rotatable bonds is 4. The lowest BCUT2D eigenvalue weighted by atomic mass is 10.0. The van der Waals surface area contributed by atoms with Gasteiger partial charge in [-0.25, -0.2) is 0 Å². The fourth-order valence-electron chi connectivity index (χ4n) is 3.00. The van der Waals surface area contributed by atoms with Crippen LogP contribution >= 0.6 is 15.9 Å². The standard InChI is InChI=1S/C15H18BrNO4/c16-11-7-10(8-13-15(11)21-6-5-20-13)12(9-14(18)19)17-3-1-2-4-17/h7-8,12H,1-6,9H2,(H,18,19). The molecule has 2 heterocycles. The normalized spacial score (nSPS) is 19.5. The van der Waals surface area contributed by atoms with Gasteiger partial charge in [-0.05, 0) is 59.6 Å². The number of carbonyl (C=O) groups is 1. The van der Waals surface area contributed by atoms with Crippen molar-refractivity contribution in [2.45, 2.75) is 25.3 Å². The maximum atomic E-state index is 11.2. The van der Waals surface area contributed by atoms with Gasteiger partial charge in [0.25, 0.3) is 0 Å². The first-order valence-corrected chi connectivity index (χ1v) is 7.99. The van der Waals surface area contributed by atoms with E-state index in [9.17, 15) is 9.90 Å². The third-order valence-electron chi connectivity index (χ3n) is 3.95. The molecule has 1 aromatic rings. The summed E-state index contributed by atoms with van der Waals surface area (Å²) < 4.78 is 12.1. The van der Waals surface area contributed by atoms with Crippen LogP contribution < -0.4 is 9.47 Å². The van der Waals surface area contributed by atoms with Crippen molar-refractivity contribution in [3.05, 3.63) is 22.2 Å². The fraction of sp³-hybridized carbons (Fsp3) is 0.533. The third-order valence-corrected chi connectivity index (χ3v) is 4.54. The van der Waals surface area contributed by atoms with Crippen molar-refractivity contribution in [1.82, 2.24) is 4.90 Å². The van der Waals surface area contributed by atoms with Crippen LogP contribution in [0, 0.1) is 0 Å². The lowest BCUT2D eigenvalue weighted by Crippen LogP contribution is -2.28. The van der Waals surface area contributed by atoms with Gasteiger partial charge in [-0.3, -0.25) is 9.69 Å². The smallest absolute Gasteiger partial charge is 0.305 e. The monoisotopic (exact) mass is 355 g/mol. The molecule has 1 aromatic carbocycles. The number of hydrogen-bond donors (Lipinski definition) is 1. The molecule has 6 heteroatoms. The van der Waals surface area contributed by atoms with Gasteiger partial charge in [0.1, 0.15) is 13.2 Å². The van der Waals surface area contributed by atoms with Crippen LogP contribution in [0.1, 0.15) is 30.9 Å². The maximum absolute atomic E-state index is 11.2.